The van der Waals surface area contributed by atoms with Crippen LogP contribution in [0.1, 0.15) is 23.7 Å². The molecule has 2 rings (SSSR count). The van der Waals surface area contributed by atoms with Gasteiger partial charge in [-0.15, -0.1) is 0 Å². The van der Waals surface area contributed by atoms with Gasteiger partial charge in [-0.05, 0) is 50.1 Å². The fourth-order valence-electron chi connectivity index (χ4n) is 1.84. The number of ketones is 1. The summed E-state index contributed by atoms with van der Waals surface area (Å²) in [6.07, 6.45) is 7.21. The molecule has 0 radical (unpaired) electrons. The second-order valence-corrected chi connectivity index (χ2v) is 4.41. The average molecular weight is 240 g/mol. The van der Waals surface area contributed by atoms with Crippen LogP contribution in [0, 0.1) is 13.8 Å². The lowest BCUT2D eigenvalue weighted by molar-refractivity contribution is -0.112. The van der Waals surface area contributed by atoms with Gasteiger partial charge in [0.1, 0.15) is 0 Å². The first-order valence-corrected chi connectivity index (χ1v) is 5.86. The third-order valence-corrected chi connectivity index (χ3v) is 2.72. The molecule has 0 aliphatic heterocycles. The first-order valence-electron chi connectivity index (χ1n) is 5.86. The van der Waals surface area contributed by atoms with Crippen LogP contribution in [0.4, 0.5) is 0 Å². The Labute approximate surface area is 107 Å². The lowest BCUT2D eigenvalue weighted by Gasteiger charge is -2.07. The van der Waals surface area contributed by atoms with Gasteiger partial charge in [-0.2, -0.15) is 0 Å². The van der Waals surface area contributed by atoms with Crippen LogP contribution in [0.25, 0.3) is 11.8 Å². The normalized spacial score (nSPS) is 11.1. The fraction of sp³-hybridized carbons (Fsp3) is 0.200. The highest BCUT2D eigenvalue weighted by atomic mass is 16.1. The molecule has 1 aromatic heterocycles. The Kier molecular flexibility index (Phi) is 3.42. The molecule has 0 unspecified atom stereocenters. The number of rotatable bonds is 3. The Bertz CT molecular complexity index is 609. The summed E-state index contributed by atoms with van der Waals surface area (Å²) in [6, 6.07) is 6.09. The summed E-state index contributed by atoms with van der Waals surface area (Å²) in [6.45, 7) is 5.57. The van der Waals surface area contributed by atoms with E-state index in [-0.39, 0.29) is 5.78 Å². The Hall–Kier alpha value is -2.16. The van der Waals surface area contributed by atoms with Crippen molar-refractivity contribution < 1.29 is 4.79 Å². The zero-order valence-corrected chi connectivity index (χ0v) is 10.8. The third-order valence-electron chi connectivity index (χ3n) is 2.72. The van der Waals surface area contributed by atoms with Crippen molar-refractivity contribution in [1.29, 1.82) is 0 Å². The van der Waals surface area contributed by atoms with E-state index in [1.807, 2.05) is 42.2 Å². The van der Waals surface area contributed by atoms with Gasteiger partial charge in [-0.25, -0.2) is 4.98 Å². The van der Waals surface area contributed by atoms with Crippen molar-refractivity contribution in [1.82, 2.24) is 9.55 Å². The number of hydrogen-bond donors (Lipinski definition) is 0. The predicted molar refractivity (Wildman–Crippen MR) is 72.8 cm³/mol. The summed E-state index contributed by atoms with van der Waals surface area (Å²) < 4.78 is 2.00. The number of benzene rings is 1. The van der Waals surface area contributed by atoms with E-state index >= 15 is 0 Å². The van der Waals surface area contributed by atoms with Crippen molar-refractivity contribution in [2.75, 3.05) is 0 Å². The summed E-state index contributed by atoms with van der Waals surface area (Å²) >= 11 is 0. The van der Waals surface area contributed by atoms with Crippen molar-refractivity contribution >= 4 is 11.9 Å². The molecule has 1 aromatic carbocycles. The van der Waals surface area contributed by atoms with Gasteiger partial charge < -0.3 is 4.57 Å². The van der Waals surface area contributed by atoms with Crippen molar-refractivity contribution in [2.24, 2.45) is 0 Å². The Balaban J connectivity index is 2.33. The van der Waals surface area contributed by atoms with Gasteiger partial charge >= 0.3 is 0 Å². The molecule has 0 N–H and O–H groups in total. The largest absolute Gasteiger partial charge is 0.306 e. The van der Waals surface area contributed by atoms with E-state index in [0.29, 0.717) is 0 Å². The zero-order valence-electron chi connectivity index (χ0n) is 10.8. The molecular weight excluding hydrogens is 224 g/mol. The van der Waals surface area contributed by atoms with Gasteiger partial charge in [0.2, 0.25) is 0 Å². The molecule has 0 aliphatic carbocycles. The second kappa shape index (κ2) is 5.00. The number of aryl methyl sites for hydroxylation is 2. The van der Waals surface area contributed by atoms with Crippen LogP contribution in [-0.4, -0.2) is 15.3 Å². The van der Waals surface area contributed by atoms with Gasteiger partial charge in [0.15, 0.2) is 5.78 Å². The molecule has 0 fully saturated rings. The Morgan fingerprint density at radius 1 is 1.33 bits per heavy atom. The van der Waals surface area contributed by atoms with Crippen molar-refractivity contribution in [3.05, 3.63) is 53.6 Å². The van der Waals surface area contributed by atoms with Gasteiger partial charge in [0, 0.05) is 11.9 Å². The highest BCUT2D eigenvalue weighted by molar-refractivity contribution is 5.91. The van der Waals surface area contributed by atoms with Gasteiger partial charge in [0.05, 0.1) is 12.0 Å². The molecule has 1 heterocycles. The lowest BCUT2D eigenvalue weighted by atomic mass is 10.1. The third kappa shape index (κ3) is 2.74. The molecule has 0 amide bonds. The number of imidazole rings is 1. The van der Waals surface area contributed by atoms with Crippen LogP contribution in [0.15, 0.2) is 36.8 Å². The standard InChI is InChI=1S/C15H16N2O/c1-11-8-14(5-4-13(3)18)6-7-15(11)17-9-12(2)16-10-17/h4-10H,1-3H3/b5-4+. The fourth-order valence-corrected chi connectivity index (χ4v) is 1.84. The van der Waals surface area contributed by atoms with Crippen LogP contribution in [0.3, 0.4) is 0 Å². The summed E-state index contributed by atoms with van der Waals surface area (Å²) in [7, 11) is 0. The molecule has 0 bridgehead atoms. The molecule has 0 saturated heterocycles. The molecule has 0 atom stereocenters. The Morgan fingerprint density at radius 2 is 2.11 bits per heavy atom. The molecule has 0 spiro atoms. The first-order chi connectivity index (χ1) is 8.56. The van der Waals surface area contributed by atoms with Crippen LogP contribution >= 0.6 is 0 Å². The summed E-state index contributed by atoms with van der Waals surface area (Å²) in [4.78, 5) is 15.1. The van der Waals surface area contributed by atoms with E-state index in [1.54, 1.807) is 13.0 Å². The first kappa shape index (κ1) is 12.3. The van der Waals surface area contributed by atoms with Gasteiger partial charge in [-0.1, -0.05) is 12.1 Å². The smallest absolute Gasteiger partial charge is 0.152 e. The molecular formula is C15H16N2O. The number of allylic oxidation sites excluding steroid dienone is 1. The minimum atomic E-state index is 0.0574. The van der Waals surface area contributed by atoms with Crippen LogP contribution in [0.5, 0.6) is 0 Å². The average Bonchev–Trinajstić information content (AvgIpc) is 2.73. The van der Waals surface area contributed by atoms with E-state index in [4.69, 9.17) is 0 Å². The molecule has 18 heavy (non-hydrogen) atoms. The van der Waals surface area contributed by atoms with Gasteiger partial charge in [0.25, 0.3) is 0 Å². The topological polar surface area (TPSA) is 34.9 Å². The van der Waals surface area contributed by atoms with E-state index in [2.05, 4.69) is 18.0 Å². The minimum Gasteiger partial charge on any atom is -0.306 e. The van der Waals surface area contributed by atoms with Crippen molar-refractivity contribution in [2.45, 2.75) is 20.8 Å². The summed E-state index contributed by atoms with van der Waals surface area (Å²) in [5.74, 6) is 0.0574. The van der Waals surface area contributed by atoms with Crippen molar-refractivity contribution in [3.63, 3.8) is 0 Å². The van der Waals surface area contributed by atoms with E-state index in [0.717, 1.165) is 22.5 Å². The molecule has 92 valence electrons. The SMILES string of the molecule is CC(=O)/C=C/c1ccc(-n2cnc(C)c2)c(C)c1. The van der Waals surface area contributed by atoms with Crippen LogP contribution in [0.2, 0.25) is 0 Å². The molecule has 0 aliphatic rings. The highest BCUT2D eigenvalue weighted by Crippen LogP contribution is 2.17. The maximum Gasteiger partial charge on any atom is 0.152 e. The van der Waals surface area contributed by atoms with Gasteiger partial charge in [-0.3, -0.25) is 4.79 Å². The highest BCUT2D eigenvalue weighted by Gasteiger charge is 2.02. The quantitative estimate of drug-likeness (QED) is 0.773. The van der Waals surface area contributed by atoms with E-state index < -0.39 is 0 Å². The summed E-state index contributed by atoms with van der Waals surface area (Å²) in [5, 5.41) is 0. The molecule has 0 saturated carbocycles. The molecule has 3 nitrogen and oxygen atoms in total. The second-order valence-electron chi connectivity index (χ2n) is 4.41. The number of nitrogens with zero attached hydrogens (tertiary/aromatic N) is 2. The maximum atomic E-state index is 10.9. The molecule has 2 aromatic rings. The number of hydrogen-bond acceptors (Lipinski definition) is 2. The number of carbonyl (C=O) groups excluding carboxylic acids is 1. The zero-order chi connectivity index (χ0) is 13.1. The van der Waals surface area contributed by atoms with Crippen LogP contribution in [-0.2, 0) is 4.79 Å². The Morgan fingerprint density at radius 3 is 2.67 bits per heavy atom. The monoisotopic (exact) mass is 240 g/mol. The number of carbonyl (C=O) groups is 1. The van der Waals surface area contributed by atoms with Crippen LogP contribution < -0.4 is 0 Å². The minimum absolute atomic E-state index is 0.0574. The summed E-state index contributed by atoms with van der Waals surface area (Å²) in [5.41, 5.74) is 4.28. The van der Waals surface area contributed by atoms with E-state index in [1.165, 1.54) is 0 Å². The van der Waals surface area contributed by atoms with Crippen molar-refractivity contribution in [3.8, 4) is 5.69 Å². The van der Waals surface area contributed by atoms with E-state index in [9.17, 15) is 4.79 Å². The molecule has 3 heteroatoms. The predicted octanol–water partition coefficient (Wildman–Crippen LogP) is 3.09. The number of aromatic nitrogens is 2. The lowest BCUT2D eigenvalue weighted by Crippen LogP contribution is -1.94. The maximum absolute atomic E-state index is 10.9.